The number of carboxylic acid groups (broad SMARTS) is 1. The molecule has 1 saturated carbocycles. The summed E-state index contributed by atoms with van der Waals surface area (Å²) >= 11 is 0. The van der Waals surface area contributed by atoms with E-state index in [4.69, 9.17) is 14.6 Å². The molecule has 0 bridgehead atoms. The Kier molecular flexibility index (Phi) is 4.76. The van der Waals surface area contributed by atoms with Crippen LogP contribution in [0.4, 0.5) is 0 Å². The molecular formula is C12H21NO4. The molecule has 2 N–H and O–H groups in total. The van der Waals surface area contributed by atoms with Crippen molar-refractivity contribution in [2.75, 3.05) is 26.4 Å². The molecule has 1 aliphatic carbocycles. The summed E-state index contributed by atoms with van der Waals surface area (Å²) in [6.07, 6.45) is 3.74. The van der Waals surface area contributed by atoms with Crippen LogP contribution in [0.25, 0.3) is 0 Å². The SMILES string of the molecule is O=C(O)C1CCCC(NCC2COCCO2)C1. The molecule has 5 heteroatoms. The van der Waals surface area contributed by atoms with Crippen LogP contribution in [0.2, 0.25) is 0 Å². The molecule has 98 valence electrons. The summed E-state index contributed by atoms with van der Waals surface area (Å²) in [5.74, 6) is -0.835. The smallest absolute Gasteiger partial charge is 0.306 e. The van der Waals surface area contributed by atoms with Gasteiger partial charge in [-0.25, -0.2) is 0 Å². The van der Waals surface area contributed by atoms with Gasteiger partial charge in [0.15, 0.2) is 0 Å². The number of carboxylic acids is 1. The van der Waals surface area contributed by atoms with Gasteiger partial charge in [0.2, 0.25) is 0 Å². The lowest BCUT2D eigenvalue weighted by Gasteiger charge is -2.30. The van der Waals surface area contributed by atoms with Crippen LogP contribution < -0.4 is 5.32 Å². The molecule has 2 fully saturated rings. The number of aliphatic carboxylic acids is 1. The van der Waals surface area contributed by atoms with Crippen LogP contribution in [-0.2, 0) is 14.3 Å². The Balaban J connectivity index is 1.69. The summed E-state index contributed by atoms with van der Waals surface area (Å²) in [6.45, 7) is 2.74. The average Bonchev–Trinajstić information content (AvgIpc) is 2.38. The van der Waals surface area contributed by atoms with Gasteiger partial charge in [-0.05, 0) is 19.3 Å². The second-order valence-corrected chi connectivity index (χ2v) is 4.87. The van der Waals surface area contributed by atoms with Gasteiger partial charge < -0.3 is 19.9 Å². The number of carbonyl (C=O) groups is 1. The van der Waals surface area contributed by atoms with Crippen LogP contribution >= 0.6 is 0 Å². The second kappa shape index (κ2) is 6.33. The second-order valence-electron chi connectivity index (χ2n) is 4.87. The minimum atomic E-state index is -0.659. The van der Waals surface area contributed by atoms with Gasteiger partial charge in [0, 0.05) is 12.6 Å². The number of hydrogen-bond donors (Lipinski definition) is 2. The molecule has 1 saturated heterocycles. The van der Waals surface area contributed by atoms with Gasteiger partial charge in [0.05, 0.1) is 31.8 Å². The van der Waals surface area contributed by atoms with Crippen LogP contribution in [0.5, 0.6) is 0 Å². The lowest BCUT2D eigenvalue weighted by atomic mass is 9.86. The van der Waals surface area contributed by atoms with Gasteiger partial charge in [-0.2, -0.15) is 0 Å². The van der Waals surface area contributed by atoms with E-state index in [9.17, 15) is 4.79 Å². The third-order valence-electron chi connectivity index (χ3n) is 3.54. The zero-order valence-electron chi connectivity index (χ0n) is 10.1. The van der Waals surface area contributed by atoms with Crippen molar-refractivity contribution >= 4 is 5.97 Å². The third-order valence-corrected chi connectivity index (χ3v) is 3.54. The summed E-state index contributed by atoms with van der Waals surface area (Å²) in [5, 5.41) is 12.4. The molecule has 17 heavy (non-hydrogen) atoms. The van der Waals surface area contributed by atoms with Crippen LogP contribution in [0.15, 0.2) is 0 Å². The fourth-order valence-corrected chi connectivity index (χ4v) is 2.55. The van der Waals surface area contributed by atoms with Gasteiger partial charge in [0.25, 0.3) is 0 Å². The maximum Gasteiger partial charge on any atom is 0.306 e. The summed E-state index contributed by atoms with van der Waals surface area (Å²) in [7, 11) is 0. The fraction of sp³-hybridized carbons (Fsp3) is 0.917. The molecule has 0 aromatic carbocycles. The lowest BCUT2D eigenvalue weighted by molar-refractivity contribution is -0.143. The van der Waals surface area contributed by atoms with Crippen molar-refractivity contribution < 1.29 is 19.4 Å². The van der Waals surface area contributed by atoms with Crippen molar-refractivity contribution in [3.63, 3.8) is 0 Å². The van der Waals surface area contributed by atoms with E-state index in [0.29, 0.717) is 25.9 Å². The fourth-order valence-electron chi connectivity index (χ4n) is 2.55. The highest BCUT2D eigenvalue weighted by molar-refractivity contribution is 5.70. The van der Waals surface area contributed by atoms with Gasteiger partial charge in [-0.1, -0.05) is 6.42 Å². The first-order valence-corrected chi connectivity index (χ1v) is 6.41. The van der Waals surface area contributed by atoms with Crippen molar-refractivity contribution in [3.05, 3.63) is 0 Å². The van der Waals surface area contributed by atoms with E-state index in [1.54, 1.807) is 0 Å². The molecule has 5 nitrogen and oxygen atoms in total. The van der Waals surface area contributed by atoms with Gasteiger partial charge in [-0.15, -0.1) is 0 Å². The van der Waals surface area contributed by atoms with Crippen molar-refractivity contribution in [1.82, 2.24) is 5.32 Å². The number of nitrogens with one attached hydrogen (secondary N) is 1. The van der Waals surface area contributed by atoms with Gasteiger partial charge >= 0.3 is 5.97 Å². The van der Waals surface area contributed by atoms with Gasteiger partial charge in [0.1, 0.15) is 0 Å². The quantitative estimate of drug-likeness (QED) is 0.758. The first kappa shape index (κ1) is 12.8. The zero-order chi connectivity index (χ0) is 12.1. The van der Waals surface area contributed by atoms with E-state index < -0.39 is 5.97 Å². The Morgan fingerprint density at radius 2 is 2.24 bits per heavy atom. The Labute approximate surface area is 101 Å². The third kappa shape index (κ3) is 3.94. The van der Waals surface area contributed by atoms with Crippen LogP contribution in [0.3, 0.4) is 0 Å². The minimum Gasteiger partial charge on any atom is -0.481 e. The molecule has 2 rings (SSSR count). The highest BCUT2D eigenvalue weighted by atomic mass is 16.6. The largest absolute Gasteiger partial charge is 0.481 e. The van der Waals surface area contributed by atoms with Crippen molar-refractivity contribution in [2.45, 2.75) is 37.8 Å². The van der Waals surface area contributed by atoms with E-state index in [2.05, 4.69) is 5.32 Å². The molecule has 2 aliphatic rings. The molecule has 0 amide bonds. The standard InChI is InChI=1S/C12H21NO4/c14-12(15)9-2-1-3-10(6-9)13-7-11-8-16-4-5-17-11/h9-11,13H,1-8H2,(H,14,15). The first-order chi connectivity index (χ1) is 8.25. The number of hydrogen-bond acceptors (Lipinski definition) is 4. The van der Waals surface area contributed by atoms with E-state index >= 15 is 0 Å². The normalized spacial score (nSPS) is 34.5. The van der Waals surface area contributed by atoms with Crippen molar-refractivity contribution in [3.8, 4) is 0 Å². The summed E-state index contributed by atoms with van der Waals surface area (Å²) in [6, 6.07) is 0.315. The molecule has 0 aromatic heterocycles. The predicted molar refractivity (Wildman–Crippen MR) is 61.9 cm³/mol. The van der Waals surface area contributed by atoms with Gasteiger partial charge in [-0.3, -0.25) is 4.79 Å². The van der Waals surface area contributed by atoms with E-state index in [1.165, 1.54) is 0 Å². The van der Waals surface area contributed by atoms with Crippen LogP contribution in [0, 0.1) is 5.92 Å². The van der Waals surface area contributed by atoms with Crippen LogP contribution in [0.1, 0.15) is 25.7 Å². The van der Waals surface area contributed by atoms with Crippen molar-refractivity contribution in [1.29, 1.82) is 0 Å². The molecular weight excluding hydrogens is 222 g/mol. The molecule has 3 unspecified atom stereocenters. The minimum absolute atomic E-state index is 0.119. The van der Waals surface area contributed by atoms with Crippen molar-refractivity contribution in [2.24, 2.45) is 5.92 Å². The Morgan fingerprint density at radius 1 is 1.35 bits per heavy atom. The topological polar surface area (TPSA) is 67.8 Å². The first-order valence-electron chi connectivity index (χ1n) is 6.41. The highest BCUT2D eigenvalue weighted by Crippen LogP contribution is 2.24. The monoisotopic (exact) mass is 243 g/mol. The maximum atomic E-state index is 10.9. The van der Waals surface area contributed by atoms with Crippen LogP contribution in [-0.4, -0.2) is 49.6 Å². The molecule has 1 aliphatic heterocycles. The van der Waals surface area contributed by atoms with E-state index in [-0.39, 0.29) is 12.0 Å². The summed E-state index contributed by atoms with van der Waals surface area (Å²) in [5.41, 5.74) is 0. The average molecular weight is 243 g/mol. The molecule has 0 aromatic rings. The maximum absolute atomic E-state index is 10.9. The number of rotatable bonds is 4. The Bertz CT molecular complexity index is 253. The molecule has 3 atom stereocenters. The zero-order valence-corrected chi connectivity index (χ0v) is 10.1. The Hall–Kier alpha value is -0.650. The molecule has 0 spiro atoms. The van der Waals surface area contributed by atoms with E-state index in [1.807, 2.05) is 0 Å². The lowest BCUT2D eigenvalue weighted by Crippen LogP contribution is -2.43. The number of ether oxygens (including phenoxy) is 2. The predicted octanol–water partition coefficient (Wildman–Crippen LogP) is 0.635. The summed E-state index contributed by atoms with van der Waals surface area (Å²) < 4.78 is 10.9. The molecule has 1 heterocycles. The molecule has 0 radical (unpaired) electrons. The Morgan fingerprint density at radius 3 is 2.94 bits per heavy atom. The summed E-state index contributed by atoms with van der Waals surface area (Å²) in [4.78, 5) is 10.9. The highest BCUT2D eigenvalue weighted by Gasteiger charge is 2.27. The van der Waals surface area contributed by atoms with E-state index in [0.717, 1.165) is 32.2 Å².